The van der Waals surface area contributed by atoms with Crippen molar-refractivity contribution in [3.8, 4) is 0 Å². The summed E-state index contributed by atoms with van der Waals surface area (Å²) in [6, 6.07) is 9.33. The van der Waals surface area contributed by atoms with Gasteiger partial charge in [0.25, 0.3) is 14.2 Å². The number of allylic oxidation sites excluding steroid dienone is 1. The van der Waals surface area contributed by atoms with E-state index in [0.29, 0.717) is 22.2 Å². The van der Waals surface area contributed by atoms with Gasteiger partial charge in [0.2, 0.25) is 0 Å². The molecule has 0 aliphatic carbocycles. The Hall–Kier alpha value is -1.85. The van der Waals surface area contributed by atoms with E-state index in [2.05, 4.69) is 77.6 Å². The van der Waals surface area contributed by atoms with E-state index in [0.717, 1.165) is 16.9 Å². The molecule has 33 heavy (non-hydrogen) atoms. The van der Waals surface area contributed by atoms with Crippen LogP contribution in [0.4, 0.5) is 0 Å². The molecule has 2 aliphatic rings. The molecule has 0 spiro atoms. The fourth-order valence-electron chi connectivity index (χ4n) is 5.08. The van der Waals surface area contributed by atoms with Gasteiger partial charge in [-0.3, -0.25) is 4.79 Å². The monoisotopic (exact) mass is 486 g/mol. The van der Waals surface area contributed by atoms with Gasteiger partial charge in [-0.2, -0.15) is 15.0 Å². The molecule has 0 aromatic heterocycles. The lowest BCUT2D eigenvalue weighted by atomic mass is 9.94. The van der Waals surface area contributed by atoms with Crippen molar-refractivity contribution in [1.29, 1.82) is 0 Å². The van der Waals surface area contributed by atoms with Gasteiger partial charge < -0.3 is 4.43 Å². The number of hydrogen-bond donors (Lipinski definition) is 0. The molecule has 1 aromatic rings. The van der Waals surface area contributed by atoms with Gasteiger partial charge in [-0.25, -0.2) is 0 Å². The van der Waals surface area contributed by atoms with Crippen LogP contribution in [0.25, 0.3) is 0 Å². The zero-order valence-corrected chi connectivity index (χ0v) is 23.6. The number of carbonyl (C=O) groups excluding carboxylic acids is 1. The maximum Gasteiger partial charge on any atom is 0.277 e. The molecule has 0 N–H and O–H groups in total. The second-order valence-electron chi connectivity index (χ2n) is 11.0. The third-order valence-electron chi connectivity index (χ3n) is 6.61. The van der Waals surface area contributed by atoms with E-state index < -0.39 is 16.4 Å². The van der Waals surface area contributed by atoms with Crippen LogP contribution in [-0.2, 0) is 4.43 Å². The second-order valence-corrected chi connectivity index (χ2v) is 18.3. The second kappa shape index (κ2) is 9.42. The van der Waals surface area contributed by atoms with Crippen molar-refractivity contribution in [2.45, 2.75) is 91.6 Å². The highest BCUT2D eigenvalue weighted by molar-refractivity contribution is 7.62. The van der Waals surface area contributed by atoms with Crippen molar-refractivity contribution >= 4 is 28.0 Å². The Morgan fingerprint density at radius 3 is 2.06 bits per heavy atom. The van der Waals surface area contributed by atoms with Crippen molar-refractivity contribution in [1.82, 2.24) is 4.78 Å². The Kier molecular flexibility index (Phi) is 7.35. The maximum absolute atomic E-state index is 13.5. The highest BCUT2D eigenvalue weighted by Crippen LogP contribution is 2.65. The first-order valence-electron chi connectivity index (χ1n) is 11.9. The predicted molar refractivity (Wildman–Crippen MR) is 140 cm³/mol. The third-order valence-corrected chi connectivity index (χ3v) is 14.9. The molecule has 1 unspecified atom stereocenters. The Balaban J connectivity index is 2.14. The summed E-state index contributed by atoms with van der Waals surface area (Å²) in [7, 11) is -3.45. The van der Waals surface area contributed by atoms with Crippen LogP contribution in [0, 0.1) is 5.41 Å². The number of carbonyl (C=O) groups is 1. The topological polar surface area (TPSA) is 66.6 Å². The molecule has 1 amide bonds. The van der Waals surface area contributed by atoms with Crippen LogP contribution in [0.1, 0.15) is 79.6 Å². The molecule has 0 saturated heterocycles. The summed E-state index contributed by atoms with van der Waals surface area (Å²) in [4.78, 5) is 13.5. The molecular weight excluding hydrogens is 447 g/mol. The highest BCUT2D eigenvalue weighted by atomic mass is 31.1. The zero-order valence-electron chi connectivity index (χ0n) is 21.7. The summed E-state index contributed by atoms with van der Waals surface area (Å²) in [5, 5.41) is 13.9. The molecule has 0 radical (unpaired) electrons. The fraction of sp³-hybridized carbons (Fsp3) is 0.600. The van der Waals surface area contributed by atoms with E-state index in [4.69, 9.17) is 4.43 Å². The molecule has 8 heteroatoms. The van der Waals surface area contributed by atoms with Crippen molar-refractivity contribution < 1.29 is 9.22 Å². The fourth-order valence-corrected chi connectivity index (χ4v) is 13.1. The Labute approximate surface area is 201 Å². The van der Waals surface area contributed by atoms with Gasteiger partial charge in [0.1, 0.15) is 19.3 Å². The van der Waals surface area contributed by atoms with Gasteiger partial charge >= 0.3 is 0 Å². The van der Waals surface area contributed by atoms with Crippen LogP contribution in [0.2, 0.25) is 16.6 Å². The number of nitrogens with zero attached hydrogens (tertiary/aromatic N) is 4. The maximum atomic E-state index is 13.5. The quantitative estimate of drug-likeness (QED) is 0.231. The molecule has 2 atom stereocenters. The van der Waals surface area contributed by atoms with Crippen LogP contribution in [0.3, 0.4) is 0 Å². The van der Waals surface area contributed by atoms with Crippen molar-refractivity contribution in [2.75, 3.05) is 0 Å². The van der Waals surface area contributed by atoms with E-state index >= 15 is 0 Å². The number of hydrogen-bond acceptors (Lipinski definition) is 5. The highest BCUT2D eigenvalue weighted by Gasteiger charge is 2.52. The van der Waals surface area contributed by atoms with Crippen LogP contribution in [-0.4, -0.2) is 30.5 Å². The predicted octanol–water partition coefficient (Wildman–Crippen LogP) is 8.11. The lowest BCUT2D eigenvalue weighted by molar-refractivity contribution is 0.0871. The van der Waals surface area contributed by atoms with Crippen molar-refractivity contribution in [2.24, 2.45) is 20.7 Å². The smallest absolute Gasteiger partial charge is 0.277 e. The standard InChI is InChI=1S/C25H39N4O2PSi/c1-16(2)33(17(3)4,18(5)6)31-21(25(8,9)10)23-27-26-22-19(7)28-29(32(22)23)24(30)20-14-12-11-13-15-20/h11-18,22H,1-10H3/b23-21+/t22-,32?/m1/s1. The van der Waals surface area contributed by atoms with Gasteiger partial charge in [-0.15, -0.1) is 5.11 Å². The first-order chi connectivity index (χ1) is 15.3. The van der Waals surface area contributed by atoms with E-state index in [9.17, 15) is 4.79 Å². The van der Waals surface area contributed by atoms with Gasteiger partial charge in [-0.1, -0.05) is 80.5 Å². The minimum Gasteiger partial charge on any atom is -0.544 e. The molecular formula is C25H39N4O2PSi. The molecule has 6 nitrogen and oxygen atoms in total. The van der Waals surface area contributed by atoms with Gasteiger partial charge in [0.15, 0.2) is 5.78 Å². The average Bonchev–Trinajstić information content (AvgIpc) is 3.28. The van der Waals surface area contributed by atoms with Gasteiger partial charge in [0.05, 0.1) is 5.71 Å². The molecule has 2 heterocycles. The van der Waals surface area contributed by atoms with Crippen LogP contribution < -0.4 is 0 Å². The summed E-state index contributed by atoms with van der Waals surface area (Å²) in [5.41, 5.74) is 3.28. The summed E-state index contributed by atoms with van der Waals surface area (Å²) in [5.74, 6) is 0.580. The van der Waals surface area contributed by atoms with Crippen LogP contribution >= 0.6 is 8.07 Å². The Bertz CT molecular complexity index is 958. The average molecular weight is 487 g/mol. The third kappa shape index (κ3) is 4.59. The van der Waals surface area contributed by atoms with E-state index in [-0.39, 0.29) is 17.1 Å². The van der Waals surface area contributed by atoms with Crippen LogP contribution in [0.15, 0.2) is 56.9 Å². The normalized spacial score (nSPS) is 22.3. The van der Waals surface area contributed by atoms with Gasteiger partial charge in [-0.05, 0) is 35.7 Å². The number of rotatable bonds is 6. The summed E-state index contributed by atoms with van der Waals surface area (Å²) in [6.07, 6.45) is 0. The first kappa shape index (κ1) is 25.8. The zero-order chi connectivity index (χ0) is 24.7. The van der Waals surface area contributed by atoms with Crippen LogP contribution in [0.5, 0.6) is 0 Å². The summed E-state index contributed by atoms with van der Waals surface area (Å²) >= 11 is 0. The minimum atomic E-state index is -2.23. The molecule has 0 fully saturated rings. The molecule has 180 valence electrons. The molecule has 0 bridgehead atoms. The molecule has 0 saturated carbocycles. The molecule has 1 aromatic carbocycles. The lowest BCUT2D eigenvalue weighted by Crippen LogP contribution is -2.48. The van der Waals surface area contributed by atoms with Crippen molar-refractivity contribution in [3.63, 3.8) is 0 Å². The molecule has 2 aliphatic heterocycles. The number of fused-ring (bicyclic) bond motifs is 1. The summed E-state index contributed by atoms with van der Waals surface area (Å²) < 4.78 is 8.88. The SMILES string of the molecule is CC1=NN(C(=O)c2ccccc2)P2/C(=C(/O[Si](C(C)C)(C(C)C)C(C)C)C(C)(C)C)N=N[C@@H]12. The minimum absolute atomic E-state index is 0.110. The summed E-state index contributed by atoms with van der Waals surface area (Å²) in [6.45, 7) is 22.2. The van der Waals surface area contributed by atoms with E-state index in [1.165, 1.54) is 0 Å². The largest absolute Gasteiger partial charge is 0.544 e. The van der Waals surface area contributed by atoms with Gasteiger partial charge in [0, 0.05) is 11.0 Å². The Morgan fingerprint density at radius 2 is 1.58 bits per heavy atom. The number of amides is 1. The lowest BCUT2D eigenvalue weighted by Gasteiger charge is -2.45. The first-order valence-corrected chi connectivity index (χ1v) is 15.4. The van der Waals surface area contributed by atoms with Crippen molar-refractivity contribution in [3.05, 3.63) is 47.1 Å². The number of benzene rings is 1. The molecule has 3 rings (SSSR count). The Morgan fingerprint density at radius 1 is 1.03 bits per heavy atom. The van der Waals surface area contributed by atoms with E-state index in [1.807, 2.05) is 37.3 Å². The number of hydrazone groups is 1. The number of azo groups is 1. The van der Waals surface area contributed by atoms with E-state index in [1.54, 1.807) is 4.78 Å².